The topological polar surface area (TPSA) is 67.3 Å². The van der Waals surface area contributed by atoms with Crippen LogP contribution in [0.4, 0.5) is 3.89 Å². The lowest BCUT2D eigenvalue weighted by atomic mass is 10.3. The molecule has 98 valence electrons. The Hall–Kier alpha value is -1.21. The summed E-state index contributed by atoms with van der Waals surface area (Å²) in [5, 5.41) is -0.800. The number of halogens is 2. The van der Waals surface area contributed by atoms with Crippen molar-refractivity contribution in [2.24, 2.45) is 0 Å². The van der Waals surface area contributed by atoms with Gasteiger partial charge in [0.25, 0.3) is 0 Å². The van der Waals surface area contributed by atoms with Crippen LogP contribution in [0.15, 0.2) is 18.3 Å². The number of hydrogen-bond acceptors (Lipinski definition) is 4. The molecule has 0 bridgehead atoms. The number of pyridine rings is 1. The minimum absolute atomic E-state index is 0.130. The molecule has 8 heteroatoms. The Labute approximate surface area is 109 Å². The van der Waals surface area contributed by atoms with Gasteiger partial charge in [0.05, 0.1) is 12.2 Å². The lowest BCUT2D eigenvalue weighted by Crippen LogP contribution is -2.27. The van der Waals surface area contributed by atoms with Gasteiger partial charge < -0.3 is 4.90 Å². The van der Waals surface area contributed by atoms with E-state index in [0.717, 1.165) is 0 Å². The molecule has 1 aromatic rings. The minimum Gasteiger partial charge on any atom is -0.335 e. The van der Waals surface area contributed by atoms with E-state index in [1.165, 1.54) is 11.1 Å². The maximum absolute atomic E-state index is 12.8. The highest BCUT2D eigenvalue weighted by Gasteiger charge is 2.38. The molecule has 1 aromatic heterocycles. The maximum Gasteiger partial charge on any atom is 0.307 e. The highest BCUT2D eigenvalue weighted by Crippen LogP contribution is 2.21. The fourth-order valence-corrected chi connectivity index (χ4v) is 2.69. The lowest BCUT2D eigenvalue weighted by Gasteiger charge is -2.15. The Balaban J connectivity index is 2.10. The number of carbonyl (C=O) groups excluding carboxylic acids is 1. The molecule has 18 heavy (non-hydrogen) atoms. The van der Waals surface area contributed by atoms with Gasteiger partial charge in [-0.05, 0) is 12.1 Å². The standard InChI is InChI=1S/C10H10ClFN2O3S/c11-7-1-2-13-8(3-7)5-14-6-9(4-10(14)15)18(12,16)17/h1-3,9H,4-6H2. The zero-order valence-electron chi connectivity index (χ0n) is 9.21. The zero-order valence-corrected chi connectivity index (χ0v) is 10.8. The molecular formula is C10H10ClFN2O3S. The second kappa shape index (κ2) is 4.81. The van der Waals surface area contributed by atoms with Crippen molar-refractivity contribution in [1.29, 1.82) is 0 Å². The van der Waals surface area contributed by atoms with Crippen LogP contribution >= 0.6 is 11.6 Å². The molecule has 0 aliphatic carbocycles. The number of likely N-dealkylation sites (tertiary alicyclic amines) is 1. The van der Waals surface area contributed by atoms with Gasteiger partial charge in [-0.3, -0.25) is 9.78 Å². The number of nitrogens with zero attached hydrogens (tertiary/aromatic N) is 2. The summed E-state index contributed by atoms with van der Waals surface area (Å²) in [6.07, 6.45) is 1.17. The van der Waals surface area contributed by atoms with Crippen LogP contribution in [0.2, 0.25) is 5.02 Å². The number of rotatable bonds is 3. The van der Waals surface area contributed by atoms with Crippen LogP contribution in [-0.2, 0) is 21.6 Å². The SMILES string of the molecule is O=C1CC(S(=O)(=O)F)CN1Cc1cc(Cl)ccn1. The van der Waals surface area contributed by atoms with Crippen LogP contribution < -0.4 is 0 Å². The molecule has 0 spiro atoms. The molecule has 0 saturated carbocycles. The second-order valence-electron chi connectivity index (χ2n) is 4.04. The Morgan fingerprint density at radius 3 is 2.83 bits per heavy atom. The van der Waals surface area contributed by atoms with Crippen molar-refractivity contribution in [2.45, 2.75) is 18.2 Å². The van der Waals surface area contributed by atoms with Crippen molar-refractivity contribution in [2.75, 3.05) is 6.54 Å². The number of amides is 1. The second-order valence-corrected chi connectivity index (χ2v) is 6.10. The molecule has 1 saturated heterocycles. The molecule has 1 amide bonds. The van der Waals surface area contributed by atoms with Gasteiger partial charge in [0, 0.05) is 24.2 Å². The van der Waals surface area contributed by atoms with Crippen molar-refractivity contribution in [3.8, 4) is 0 Å². The third-order valence-corrected chi connectivity index (χ3v) is 4.06. The number of hydrogen-bond donors (Lipinski definition) is 0. The Kier molecular flexibility index (Phi) is 3.54. The van der Waals surface area contributed by atoms with Gasteiger partial charge in [-0.1, -0.05) is 11.6 Å². The van der Waals surface area contributed by atoms with Crippen LogP contribution in [0.5, 0.6) is 0 Å². The van der Waals surface area contributed by atoms with Crippen molar-refractivity contribution in [3.63, 3.8) is 0 Å². The molecule has 0 N–H and O–H groups in total. The first-order valence-electron chi connectivity index (χ1n) is 5.18. The van der Waals surface area contributed by atoms with Gasteiger partial charge in [0.2, 0.25) is 5.91 Å². The van der Waals surface area contributed by atoms with E-state index in [1.54, 1.807) is 12.1 Å². The third-order valence-electron chi connectivity index (χ3n) is 2.71. The van der Waals surface area contributed by atoms with Crippen molar-refractivity contribution in [3.05, 3.63) is 29.0 Å². The van der Waals surface area contributed by atoms with E-state index in [4.69, 9.17) is 11.6 Å². The van der Waals surface area contributed by atoms with E-state index in [1.807, 2.05) is 0 Å². The van der Waals surface area contributed by atoms with Gasteiger partial charge in [-0.15, -0.1) is 3.89 Å². The summed E-state index contributed by atoms with van der Waals surface area (Å²) in [7, 11) is -4.68. The molecule has 1 atom stereocenters. The molecule has 1 aliphatic rings. The maximum atomic E-state index is 12.8. The molecule has 0 radical (unpaired) electrons. The van der Waals surface area contributed by atoms with E-state index < -0.39 is 21.4 Å². The quantitative estimate of drug-likeness (QED) is 0.784. The highest BCUT2D eigenvalue weighted by molar-refractivity contribution is 7.87. The van der Waals surface area contributed by atoms with Gasteiger partial charge >= 0.3 is 10.2 Å². The Bertz CT molecular complexity index is 578. The van der Waals surface area contributed by atoms with Crippen LogP contribution in [0.1, 0.15) is 12.1 Å². The summed E-state index contributed by atoms with van der Waals surface area (Å²) in [5.41, 5.74) is 0.535. The average Bonchev–Trinajstić information content (AvgIpc) is 2.60. The molecule has 1 aliphatic heterocycles. The number of carbonyl (C=O) groups is 1. The molecule has 1 unspecified atom stereocenters. The fourth-order valence-electron chi connectivity index (χ4n) is 1.81. The predicted molar refractivity (Wildman–Crippen MR) is 63.1 cm³/mol. The average molecular weight is 293 g/mol. The fraction of sp³-hybridized carbons (Fsp3) is 0.400. The largest absolute Gasteiger partial charge is 0.335 e. The normalized spacial score (nSPS) is 20.4. The molecule has 2 rings (SSSR count). The highest BCUT2D eigenvalue weighted by atomic mass is 35.5. The van der Waals surface area contributed by atoms with Crippen molar-refractivity contribution in [1.82, 2.24) is 9.88 Å². The van der Waals surface area contributed by atoms with Crippen LogP contribution in [0.25, 0.3) is 0 Å². The lowest BCUT2D eigenvalue weighted by molar-refractivity contribution is -0.128. The van der Waals surface area contributed by atoms with E-state index in [2.05, 4.69) is 4.98 Å². The molecule has 1 fully saturated rings. The summed E-state index contributed by atoms with van der Waals surface area (Å²) in [6.45, 7) is -0.0166. The summed E-state index contributed by atoms with van der Waals surface area (Å²) >= 11 is 5.77. The molecule has 5 nitrogen and oxygen atoms in total. The van der Waals surface area contributed by atoms with E-state index in [0.29, 0.717) is 10.7 Å². The van der Waals surface area contributed by atoms with Gasteiger partial charge in [-0.25, -0.2) is 0 Å². The smallest absolute Gasteiger partial charge is 0.307 e. The van der Waals surface area contributed by atoms with Gasteiger partial charge in [0.15, 0.2) is 0 Å². The zero-order chi connectivity index (χ0) is 13.3. The van der Waals surface area contributed by atoms with E-state index in [-0.39, 0.29) is 19.5 Å². The predicted octanol–water partition coefficient (Wildman–Crippen LogP) is 1.14. The summed E-state index contributed by atoms with van der Waals surface area (Å²) in [4.78, 5) is 16.8. The van der Waals surface area contributed by atoms with E-state index >= 15 is 0 Å². The number of aromatic nitrogens is 1. The van der Waals surface area contributed by atoms with Crippen LogP contribution in [0.3, 0.4) is 0 Å². The summed E-state index contributed by atoms with van der Waals surface area (Å²) in [6, 6.07) is 3.16. The monoisotopic (exact) mass is 292 g/mol. The third kappa shape index (κ3) is 2.97. The van der Waals surface area contributed by atoms with Crippen molar-refractivity contribution < 1.29 is 17.1 Å². The minimum atomic E-state index is -4.68. The van der Waals surface area contributed by atoms with Crippen LogP contribution in [-0.4, -0.2) is 36.0 Å². The van der Waals surface area contributed by atoms with E-state index in [9.17, 15) is 17.1 Å². The summed E-state index contributed by atoms with van der Waals surface area (Å²) < 4.78 is 34.3. The van der Waals surface area contributed by atoms with Gasteiger partial charge in [-0.2, -0.15) is 8.42 Å². The van der Waals surface area contributed by atoms with Gasteiger partial charge in [0.1, 0.15) is 5.25 Å². The Morgan fingerprint density at radius 2 is 2.28 bits per heavy atom. The first-order valence-corrected chi connectivity index (χ1v) is 7.00. The van der Waals surface area contributed by atoms with Crippen molar-refractivity contribution >= 4 is 27.7 Å². The first kappa shape index (κ1) is 13.2. The molecular weight excluding hydrogens is 283 g/mol. The summed E-state index contributed by atoms with van der Waals surface area (Å²) in [5.74, 6) is -0.400. The molecule has 0 aromatic carbocycles. The molecule has 2 heterocycles. The first-order chi connectivity index (χ1) is 8.36. The van der Waals surface area contributed by atoms with Crippen LogP contribution in [0, 0.1) is 0 Å². The Morgan fingerprint density at radius 1 is 1.56 bits per heavy atom.